The van der Waals surface area contributed by atoms with E-state index in [0.29, 0.717) is 18.1 Å². The number of rotatable bonds is 10. The zero-order valence-corrected chi connectivity index (χ0v) is 19.5. The average Bonchev–Trinajstić information content (AvgIpc) is 2.78. The first-order valence-electron chi connectivity index (χ1n) is 12.3. The molecule has 0 aliphatic heterocycles. The van der Waals surface area contributed by atoms with E-state index in [0.717, 1.165) is 25.7 Å². The first-order chi connectivity index (χ1) is 14.9. The van der Waals surface area contributed by atoms with E-state index in [4.69, 9.17) is 4.74 Å². The van der Waals surface area contributed by atoms with Crippen LogP contribution < -0.4 is 5.32 Å². The minimum absolute atomic E-state index is 0.0237. The molecular weight excluding hydrogens is 390 g/mol. The number of hydrogen-bond donors (Lipinski definition) is 3. The van der Waals surface area contributed by atoms with Crippen molar-refractivity contribution in [2.45, 2.75) is 108 Å². The molecule has 0 aromatic heterocycles. The summed E-state index contributed by atoms with van der Waals surface area (Å²) in [6.45, 7) is 4.44. The van der Waals surface area contributed by atoms with E-state index < -0.39 is 5.97 Å². The van der Waals surface area contributed by atoms with E-state index in [9.17, 15) is 15.0 Å². The monoisotopic (exact) mass is 431 g/mol. The molecule has 0 saturated heterocycles. The maximum Gasteiger partial charge on any atom is 0.303 e. The molecule has 0 radical (unpaired) electrons. The predicted octanol–water partition coefficient (Wildman–Crippen LogP) is 5.18. The second-order valence-corrected chi connectivity index (χ2v) is 9.70. The highest BCUT2D eigenvalue weighted by atomic mass is 16.5. The summed E-state index contributed by atoms with van der Waals surface area (Å²) in [4.78, 5) is 11.4. The van der Waals surface area contributed by atoms with E-state index >= 15 is 0 Å². The zero-order chi connectivity index (χ0) is 22.4. The second-order valence-electron chi connectivity index (χ2n) is 9.70. The van der Waals surface area contributed by atoms with Gasteiger partial charge in [-0.2, -0.15) is 0 Å². The summed E-state index contributed by atoms with van der Waals surface area (Å²) in [6, 6.07) is 6.00. The lowest BCUT2D eigenvalue weighted by Gasteiger charge is -2.50. The number of phenols is 1. The van der Waals surface area contributed by atoms with Gasteiger partial charge in [0.2, 0.25) is 0 Å². The van der Waals surface area contributed by atoms with Crippen molar-refractivity contribution >= 4 is 5.97 Å². The van der Waals surface area contributed by atoms with E-state index in [2.05, 4.69) is 19.2 Å². The number of aliphatic carboxylic acids is 1. The van der Waals surface area contributed by atoms with Crippen LogP contribution in [0.1, 0.15) is 89.2 Å². The summed E-state index contributed by atoms with van der Waals surface area (Å²) in [5.41, 5.74) is 2.32. The molecule has 174 valence electrons. The number of carboxylic acids is 1. The quantitative estimate of drug-likeness (QED) is 0.475. The number of hydrogen-bond acceptors (Lipinski definition) is 4. The Bertz CT molecular complexity index is 724. The topological polar surface area (TPSA) is 78.8 Å². The first-order valence-corrected chi connectivity index (χ1v) is 12.3. The van der Waals surface area contributed by atoms with Crippen LogP contribution in [0.4, 0.5) is 0 Å². The fourth-order valence-electron chi connectivity index (χ4n) is 6.27. The van der Waals surface area contributed by atoms with Gasteiger partial charge >= 0.3 is 5.97 Å². The average molecular weight is 432 g/mol. The van der Waals surface area contributed by atoms with Gasteiger partial charge in [0.1, 0.15) is 5.75 Å². The van der Waals surface area contributed by atoms with Gasteiger partial charge in [0.05, 0.1) is 6.10 Å². The van der Waals surface area contributed by atoms with Gasteiger partial charge in [0.15, 0.2) is 0 Å². The lowest BCUT2D eigenvalue weighted by Crippen LogP contribution is -2.61. The number of methoxy groups -OCH3 is 1. The number of aromatic hydroxyl groups is 1. The largest absolute Gasteiger partial charge is 0.508 e. The molecule has 0 amide bonds. The lowest BCUT2D eigenvalue weighted by atomic mass is 9.62. The number of fused-ring (bicyclic) bond motifs is 1. The van der Waals surface area contributed by atoms with Crippen molar-refractivity contribution in [2.24, 2.45) is 5.92 Å². The van der Waals surface area contributed by atoms with Crippen LogP contribution in [0.15, 0.2) is 18.2 Å². The Morgan fingerprint density at radius 2 is 1.94 bits per heavy atom. The summed E-state index contributed by atoms with van der Waals surface area (Å²) >= 11 is 0. The van der Waals surface area contributed by atoms with Crippen LogP contribution in [0.5, 0.6) is 5.75 Å². The van der Waals surface area contributed by atoms with Crippen LogP contribution in [0.25, 0.3) is 0 Å². The minimum Gasteiger partial charge on any atom is -0.508 e. The van der Waals surface area contributed by atoms with Gasteiger partial charge in [0, 0.05) is 37.5 Å². The maximum atomic E-state index is 11.4. The number of ether oxygens (including phenoxy) is 1. The van der Waals surface area contributed by atoms with E-state index in [-0.39, 0.29) is 30.0 Å². The number of carboxylic acid groups (broad SMARTS) is 1. The fraction of sp³-hybridized carbons (Fsp3) is 0.731. The minimum atomic E-state index is -0.727. The van der Waals surface area contributed by atoms with Gasteiger partial charge in [-0.1, -0.05) is 52.0 Å². The van der Waals surface area contributed by atoms with Crippen molar-refractivity contribution in [1.82, 2.24) is 5.32 Å². The Morgan fingerprint density at radius 1 is 1.23 bits per heavy atom. The van der Waals surface area contributed by atoms with Gasteiger partial charge in [-0.05, 0) is 54.9 Å². The predicted molar refractivity (Wildman–Crippen MR) is 124 cm³/mol. The smallest absolute Gasteiger partial charge is 0.303 e. The molecule has 2 aliphatic carbocycles. The Labute approximate surface area is 187 Å². The molecule has 3 atom stereocenters. The normalized spacial score (nSPS) is 24.5. The summed E-state index contributed by atoms with van der Waals surface area (Å²) in [5.74, 6) is 0.262. The summed E-state index contributed by atoms with van der Waals surface area (Å²) in [6.07, 6.45) is 11.0. The summed E-state index contributed by atoms with van der Waals surface area (Å²) in [7, 11) is 1.79. The molecular formula is C26H41NO4. The number of benzene rings is 1. The molecule has 1 aromatic rings. The van der Waals surface area contributed by atoms with E-state index in [1.54, 1.807) is 13.2 Å². The Hall–Kier alpha value is -1.59. The molecule has 3 N–H and O–H groups in total. The number of phenolic OH excluding ortho intramolecular Hbond substituents is 1. The van der Waals surface area contributed by atoms with Gasteiger partial charge < -0.3 is 20.3 Å². The van der Waals surface area contributed by atoms with Gasteiger partial charge in [-0.25, -0.2) is 0 Å². The van der Waals surface area contributed by atoms with Gasteiger partial charge in [-0.15, -0.1) is 0 Å². The van der Waals surface area contributed by atoms with Gasteiger partial charge in [-0.3, -0.25) is 4.79 Å². The van der Waals surface area contributed by atoms with Crippen molar-refractivity contribution in [2.75, 3.05) is 7.11 Å². The molecule has 31 heavy (non-hydrogen) atoms. The Balaban J connectivity index is 1.91. The van der Waals surface area contributed by atoms with E-state index in [1.807, 2.05) is 12.1 Å². The summed E-state index contributed by atoms with van der Waals surface area (Å²) < 4.78 is 6.02. The fourth-order valence-corrected chi connectivity index (χ4v) is 6.27. The zero-order valence-electron chi connectivity index (χ0n) is 19.5. The first kappa shape index (κ1) is 24.1. The SMILES string of the molecule is CCC1(CC)c2cc(O)ccc2C[C@H](OC)[C@@H]1NC(CCC(=O)O)CC1CCCCC1. The number of nitrogens with one attached hydrogen (secondary N) is 1. The highest BCUT2D eigenvalue weighted by Gasteiger charge is 2.47. The van der Waals surface area contributed by atoms with Crippen LogP contribution in [0.3, 0.4) is 0 Å². The Morgan fingerprint density at radius 3 is 2.55 bits per heavy atom. The van der Waals surface area contributed by atoms with Crippen molar-refractivity contribution < 1.29 is 19.7 Å². The molecule has 1 unspecified atom stereocenters. The van der Waals surface area contributed by atoms with Gasteiger partial charge in [0.25, 0.3) is 0 Å². The molecule has 0 heterocycles. The summed E-state index contributed by atoms with van der Waals surface area (Å²) in [5, 5.41) is 23.5. The molecule has 5 heteroatoms. The van der Waals surface area contributed by atoms with Crippen LogP contribution in [-0.4, -0.2) is 41.5 Å². The van der Waals surface area contributed by atoms with Crippen molar-refractivity contribution in [3.63, 3.8) is 0 Å². The highest BCUT2D eigenvalue weighted by molar-refractivity contribution is 5.66. The van der Waals surface area contributed by atoms with Crippen molar-refractivity contribution in [1.29, 1.82) is 0 Å². The van der Waals surface area contributed by atoms with Crippen LogP contribution in [0.2, 0.25) is 0 Å². The third-order valence-corrected chi connectivity index (χ3v) is 8.05. The molecule has 1 aromatic carbocycles. The van der Waals surface area contributed by atoms with E-state index in [1.165, 1.54) is 43.2 Å². The lowest BCUT2D eigenvalue weighted by molar-refractivity contribution is -0.137. The third-order valence-electron chi connectivity index (χ3n) is 8.05. The molecule has 1 saturated carbocycles. The van der Waals surface area contributed by atoms with Crippen molar-refractivity contribution in [3.05, 3.63) is 29.3 Å². The third kappa shape index (κ3) is 5.43. The Kier molecular flexibility index (Phi) is 8.40. The van der Waals surface area contributed by atoms with Crippen LogP contribution >= 0.6 is 0 Å². The molecule has 1 fully saturated rings. The maximum absolute atomic E-state index is 11.4. The van der Waals surface area contributed by atoms with Crippen LogP contribution in [0, 0.1) is 5.92 Å². The molecule has 0 bridgehead atoms. The molecule has 0 spiro atoms. The standard InChI is InChI=1S/C26H41NO4/c1-4-26(5-2)22-17-21(28)13-11-19(22)16-23(31-3)25(26)27-20(12-14-24(29)30)15-18-9-7-6-8-10-18/h11,13,17-18,20,23,25,27-28H,4-10,12,14-16H2,1-3H3,(H,29,30)/t20?,23-,25-/m0/s1. The highest BCUT2D eigenvalue weighted by Crippen LogP contribution is 2.45. The number of carbonyl (C=O) groups is 1. The van der Waals surface area contributed by atoms with Crippen molar-refractivity contribution in [3.8, 4) is 5.75 Å². The molecule has 2 aliphatic rings. The molecule has 3 rings (SSSR count). The second kappa shape index (κ2) is 10.8. The molecule has 5 nitrogen and oxygen atoms in total. The van der Waals surface area contributed by atoms with Crippen LogP contribution in [-0.2, 0) is 21.4 Å².